The van der Waals surface area contributed by atoms with Crippen LogP contribution < -0.4 is 5.63 Å². The predicted molar refractivity (Wildman–Crippen MR) is 142 cm³/mol. The molecule has 0 amide bonds. The molecule has 0 atom stereocenters. The number of halogens is 6. The summed E-state index contributed by atoms with van der Waals surface area (Å²) in [5, 5.41) is 0.933. The maximum absolute atomic E-state index is 12.3. The molecule has 0 aliphatic heterocycles. The van der Waals surface area contributed by atoms with E-state index < -0.39 is 38.5 Å². The third kappa shape index (κ3) is 7.60. The van der Waals surface area contributed by atoms with E-state index in [9.17, 15) is 44.1 Å². The van der Waals surface area contributed by atoms with Crippen molar-refractivity contribution in [3.63, 3.8) is 0 Å². The smallest absolute Gasteiger partial charge is 0.416 e. The van der Waals surface area contributed by atoms with Gasteiger partial charge in [0.25, 0.3) is 0 Å². The maximum atomic E-state index is 12.3. The Labute approximate surface area is 238 Å². The summed E-state index contributed by atoms with van der Waals surface area (Å²) in [7, 11) is -5.66. The zero-order valence-electron chi connectivity index (χ0n) is 21.0. The average Bonchev–Trinajstić information content (AvgIpc) is 2.93. The predicted octanol–water partition coefficient (Wildman–Crippen LogP) is 7.52. The summed E-state index contributed by atoms with van der Waals surface area (Å²) in [6.07, 6.45) is -10.4. The van der Waals surface area contributed by atoms with Crippen molar-refractivity contribution < 1.29 is 43.7 Å². The van der Waals surface area contributed by atoms with Crippen LogP contribution in [0.15, 0.2) is 138 Å². The summed E-state index contributed by atoms with van der Waals surface area (Å²) < 4.78 is 110. The fourth-order valence-electron chi connectivity index (χ4n) is 3.76. The summed E-state index contributed by atoms with van der Waals surface area (Å²) in [6.45, 7) is 0. The Morgan fingerprint density at radius 1 is 0.619 bits per heavy atom. The van der Waals surface area contributed by atoms with Gasteiger partial charge in [-0.05, 0) is 60.7 Å². The topological polar surface area (TPSA) is 87.4 Å². The molecule has 218 valence electrons. The molecule has 5 nitrogen and oxygen atoms in total. The van der Waals surface area contributed by atoms with E-state index in [4.69, 9.17) is 4.42 Å². The van der Waals surface area contributed by atoms with Crippen LogP contribution in [0, 0.1) is 0 Å². The molecule has 0 bridgehead atoms. The summed E-state index contributed by atoms with van der Waals surface area (Å²) in [6, 6.07) is 29.6. The number of hydrogen-bond acceptors (Lipinski definition) is 5. The summed E-state index contributed by atoms with van der Waals surface area (Å²) in [5.74, 6) is 0. The molecule has 5 rings (SSSR count). The van der Waals surface area contributed by atoms with Gasteiger partial charge in [-0.1, -0.05) is 36.4 Å². The molecule has 0 fully saturated rings. The Kier molecular flexibility index (Phi) is 8.85. The molecule has 0 saturated heterocycles. The Morgan fingerprint density at radius 2 is 1.10 bits per heavy atom. The first-order valence-corrected chi connectivity index (χ1v) is 14.4. The second-order valence-electron chi connectivity index (χ2n) is 8.58. The van der Waals surface area contributed by atoms with Crippen molar-refractivity contribution in [2.75, 3.05) is 0 Å². The molecule has 0 N–H and O–H groups in total. The molecular formula is C29H18F6O5S2. The lowest BCUT2D eigenvalue weighted by Crippen LogP contribution is -2.13. The van der Waals surface area contributed by atoms with E-state index in [0.29, 0.717) is 5.58 Å². The third-order valence-electron chi connectivity index (χ3n) is 5.64. The van der Waals surface area contributed by atoms with E-state index >= 15 is 0 Å². The number of alkyl halides is 6. The Morgan fingerprint density at radius 3 is 1.55 bits per heavy atom. The van der Waals surface area contributed by atoms with Gasteiger partial charge >= 0.3 is 18.0 Å². The van der Waals surface area contributed by atoms with Crippen molar-refractivity contribution in [1.29, 1.82) is 0 Å². The molecular weight excluding hydrogens is 606 g/mol. The first-order valence-electron chi connectivity index (χ1n) is 11.8. The highest BCUT2D eigenvalue weighted by molar-refractivity contribution is 7.97. The van der Waals surface area contributed by atoms with Gasteiger partial charge in [-0.3, -0.25) is 0 Å². The minimum absolute atomic E-state index is 0.141. The van der Waals surface area contributed by atoms with E-state index in [1.54, 1.807) is 6.07 Å². The van der Waals surface area contributed by atoms with E-state index in [0.717, 1.165) is 10.3 Å². The highest BCUT2D eigenvalue weighted by Gasteiger charge is 2.37. The van der Waals surface area contributed by atoms with Gasteiger partial charge in [0.15, 0.2) is 14.7 Å². The lowest BCUT2D eigenvalue weighted by Gasteiger charge is -2.15. The Hall–Kier alpha value is -4.07. The van der Waals surface area contributed by atoms with Crippen LogP contribution in [-0.4, -0.2) is 13.0 Å². The number of benzene rings is 4. The molecule has 0 spiro atoms. The van der Waals surface area contributed by atoms with Gasteiger partial charge in [-0.25, -0.2) is 13.2 Å². The van der Waals surface area contributed by atoms with Crippen LogP contribution in [0.2, 0.25) is 0 Å². The largest absolute Gasteiger partial charge is 0.744 e. The summed E-state index contributed by atoms with van der Waals surface area (Å²) in [4.78, 5) is 13.6. The molecule has 0 aliphatic carbocycles. The van der Waals surface area contributed by atoms with Crippen molar-refractivity contribution in [3.05, 3.63) is 131 Å². The van der Waals surface area contributed by atoms with Gasteiger partial charge in [0, 0.05) is 17.5 Å². The third-order valence-corrected chi connectivity index (χ3v) is 8.66. The van der Waals surface area contributed by atoms with Crippen LogP contribution in [0.4, 0.5) is 26.3 Å². The van der Waals surface area contributed by atoms with Crippen molar-refractivity contribution in [3.8, 4) is 0 Å². The van der Waals surface area contributed by atoms with Crippen LogP contribution >= 0.6 is 0 Å². The zero-order valence-corrected chi connectivity index (χ0v) is 22.7. The fourth-order valence-corrected chi connectivity index (χ4v) is 6.41. The lowest BCUT2D eigenvalue weighted by molar-refractivity contribution is -0.143. The molecule has 4 aromatic carbocycles. The van der Waals surface area contributed by atoms with Crippen molar-refractivity contribution in [2.24, 2.45) is 0 Å². The molecule has 13 heteroatoms. The van der Waals surface area contributed by atoms with Gasteiger partial charge < -0.3 is 8.97 Å². The highest BCUT2D eigenvalue weighted by Crippen LogP contribution is 2.37. The Bertz CT molecular complexity index is 1780. The van der Waals surface area contributed by atoms with E-state index in [1.165, 1.54) is 15.9 Å². The van der Waals surface area contributed by atoms with Crippen molar-refractivity contribution >= 4 is 32.0 Å². The SMILES string of the molecule is O=S(=O)([O-])c1cc(C(F)(F)F)cc(C(F)(F)F)c1.O=c1ccc2ccc([S+](c3ccccc3)c3ccccc3)cc2o1. The molecule has 1 aromatic heterocycles. The first-order chi connectivity index (χ1) is 19.6. The van der Waals surface area contributed by atoms with Gasteiger partial charge in [-0.2, -0.15) is 26.3 Å². The van der Waals surface area contributed by atoms with E-state index in [-0.39, 0.29) is 34.7 Å². The quantitative estimate of drug-likeness (QED) is 0.0894. The van der Waals surface area contributed by atoms with Crippen molar-refractivity contribution in [2.45, 2.75) is 31.9 Å². The first kappa shape index (κ1) is 30.9. The number of hydrogen-bond donors (Lipinski definition) is 0. The zero-order chi connectivity index (χ0) is 30.7. The number of rotatable bonds is 4. The molecule has 0 radical (unpaired) electrons. The molecule has 0 saturated carbocycles. The van der Waals surface area contributed by atoms with Crippen LogP contribution in [-0.2, 0) is 33.4 Å². The molecule has 0 aliphatic rings. The lowest BCUT2D eigenvalue weighted by atomic mass is 10.1. The standard InChI is InChI=1S/C21H15O2S.C8H4F6O3S/c22-21-14-12-16-11-13-19(15-20(16)23-21)24(17-7-3-1-4-8-17)18-9-5-2-6-10-18;9-7(10,11)4-1-5(8(12,13)14)3-6(2-4)18(15,16)17/h1-15H;1-3H,(H,15,16,17)/q+1;/p-1. The van der Waals surface area contributed by atoms with Crippen LogP contribution in [0.5, 0.6) is 0 Å². The van der Waals surface area contributed by atoms with Crippen LogP contribution in [0.3, 0.4) is 0 Å². The highest BCUT2D eigenvalue weighted by atomic mass is 32.2. The average molecular weight is 625 g/mol. The van der Waals surface area contributed by atoms with Gasteiger partial charge in [-0.15, -0.1) is 0 Å². The second-order valence-corrected chi connectivity index (χ2v) is 12.0. The van der Waals surface area contributed by atoms with Gasteiger partial charge in [0.05, 0.1) is 26.9 Å². The summed E-state index contributed by atoms with van der Waals surface area (Å²) >= 11 is 0. The van der Waals surface area contributed by atoms with Crippen LogP contribution in [0.25, 0.3) is 11.0 Å². The van der Waals surface area contributed by atoms with E-state index in [2.05, 4.69) is 54.6 Å². The van der Waals surface area contributed by atoms with E-state index in [1.807, 2.05) is 24.3 Å². The molecule has 0 unspecified atom stereocenters. The van der Waals surface area contributed by atoms with Gasteiger partial charge in [0.2, 0.25) is 0 Å². The second kappa shape index (κ2) is 12.0. The van der Waals surface area contributed by atoms with Crippen LogP contribution in [0.1, 0.15) is 11.1 Å². The molecule has 1 heterocycles. The Balaban J connectivity index is 0.000000202. The molecule has 42 heavy (non-hydrogen) atoms. The normalized spacial score (nSPS) is 12.2. The van der Waals surface area contributed by atoms with Gasteiger partial charge in [0.1, 0.15) is 15.7 Å². The maximum Gasteiger partial charge on any atom is 0.416 e. The number of fused-ring (bicyclic) bond motifs is 1. The monoisotopic (exact) mass is 624 g/mol. The minimum Gasteiger partial charge on any atom is -0.744 e. The molecule has 5 aromatic rings. The fraction of sp³-hybridized carbons (Fsp3) is 0.0690. The van der Waals surface area contributed by atoms with Crippen molar-refractivity contribution in [1.82, 2.24) is 0 Å². The minimum atomic E-state index is -5.42. The summed E-state index contributed by atoms with van der Waals surface area (Å²) in [5.41, 5.74) is -3.40.